The van der Waals surface area contributed by atoms with Crippen LogP contribution in [0.25, 0.3) is 0 Å². The van der Waals surface area contributed by atoms with Crippen LogP contribution in [0.1, 0.15) is 93.4 Å². The van der Waals surface area contributed by atoms with Gasteiger partial charge in [-0.2, -0.15) is 0 Å². The molecule has 5 atom stereocenters. The van der Waals surface area contributed by atoms with E-state index in [2.05, 4.69) is 21.3 Å². The van der Waals surface area contributed by atoms with E-state index in [4.69, 9.17) is 19.5 Å². The molecule has 0 aliphatic carbocycles. The molecular weight excluding hydrogens is 719 g/mol. The Bertz CT molecular complexity index is 1220. The molecule has 1 unspecified atom stereocenters. The highest BCUT2D eigenvalue weighted by molar-refractivity contribution is 7.47. The summed E-state index contributed by atoms with van der Waals surface area (Å²) in [6.45, 7) is 10.1. The molecular formula is C33H63N6O13P. The Labute approximate surface area is 312 Å². The number of phosphoric acid groups is 1. The lowest BCUT2D eigenvalue weighted by atomic mass is 10.0. The molecule has 0 spiro atoms. The van der Waals surface area contributed by atoms with Gasteiger partial charge >= 0.3 is 7.82 Å². The lowest BCUT2D eigenvalue weighted by Gasteiger charge is -2.26. The molecule has 0 radical (unpaired) electrons. The fourth-order valence-electron chi connectivity index (χ4n) is 4.71. The van der Waals surface area contributed by atoms with Crippen molar-refractivity contribution < 1.29 is 62.2 Å². The summed E-state index contributed by atoms with van der Waals surface area (Å²) in [7, 11) is -4.63. The van der Waals surface area contributed by atoms with Crippen LogP contribution in [0.2, 0.25) is 0 Å². The van der Waals surface area contributed by atoms with Crippen LogP contribution in [0.15, 0.2) is 0 Å². The van der Waals surface area contributed by atoms with Crippen molar-refractivity contribution in [2.45, 2.75) is 123 Å². The summed E-state index contributed by atoms with van der Waals surface area (Å²) in [5.41, 5.74) is 4.54. The number of hydrogen-bond acceptors (Lipinski definition) is 12. The van der Waals surface area contributed by atoms with Crippen LogP contribution in [-0.2, 0) is 47.1 Å². The highest BCUT2D eigenvalue weighted by Crippen LogP contribution is 2.45. The number of aliphatic hydroxyl groups is 2. The smallest absolute Gasteiger partial charge is 0.394 e. The lowest BCUT2D eigenvalue weighted by Crippen LogP contribution is -2.58. The Balaban J connectivity index is 5.30. The van der Waals surface area contributed by atoms with Crippen molar-refractivity contribution in [3.63, 3.8) is 0 Å². The maximum atomic E-state index is 13.1. The molecule has 0 saturated heterocycles. The summed E-state index contributed by atoms with van der Waals surface area (Å²) in [5.74, 6) is -4.88. The third-order valence-corrected chi connectivity index (χ3v) is 8.72. The number of hydrogen-bond donors (Lipinski definition) is 8. The quantitative estimate of drug-likeness (QED) is 0.0355. The van der Waals surface area contributed by atoms with Crippen molar-refractivity contribution in [1.29, 1.82) is 0 Å². The van der Waals surface area contributed by atoms with Crippen LogP contribution in [0, 0.1) is 5.92 Å². The van der Waals surface area contributed by atoms with E-state index in [9.17, 15) is 48.4 Å². The number of primary amides is 1. The van der Waals surface area contributed by atoms with Gasteiger partial charge in [-0.25, -0.2) is 4.57 Å². The molecule has 0 heterocycles. The first kappa shape index (κ1) is 49.8. The van der Waals surface area contributed by atoms with Crippen molar-refractivity contribution in [1.82, 2.24) is 26.2 Å². The Morgan fingerprint density at radius 1 is 0.868 bits per heavy atom. The predicted octanol–water partition coefficient (Wildman–Crippen LogP) is -0.401. The number of nitrogens with one attached hydrogen (secondary N) is 4. The van der Waals surface area contributed by atoms with Crippen LogP contribution in [-0.4, -0.2) is 131 Å². The van der Waals surface area contributed by atoms with Crippen LogP contribution < -0.4 is 27.0 Å². The summed E-state index contributed by atoms with van der Waals surface area (Å²) in [6, 6.07) is -4.37. The van der Waals surface area contributed by atoms with Crippen molar-refractivity contribution in [2.24, 2.45) is 11.7 Å². The van der Waals surface area contributed by atoms with Crippen LogP contribution in [0.3, 0.4) is 0 Å². The van der Waals surface area contributed by atoms with Crippen LogP contribution >= 0.6 is 7.82 Å². The Hall–Kier alpha value is -3.19. The molecule has 0 aliphatic rings. The molecule has 308 valence electrons. The molecule has 0 bridgehead atoms. The number of nitrogens with two attached hydrogens (primary N) is 1. The summed E-state index contributed by atoms with van der Waals surface area (Å²) in [6.07, 6.45) is 2.40. The zero-order valence-corrected chi connectivity index (χ0v) is 33.1. The van der Waals surface area contributed by atoms with Crippen LogP contribution in [0.5, 0.6) is 0 Å². The third-order valence-electron chi connectivity index (χ3n) is 7.61. The molecule has 0 aliphatic heterocycles. The fraction of sp³-hybridized carbons (Fsp3) is 0.818. The van der Waals surface area contributed by atoms with Gasteiger partial charge in [-0.05, 0) is 46.0 Å². The lowest BCUT2D eigenvalue weighted by molar-refractivity contribution is -0.139. The van der Waals surface area contributed by atoms with Gasteiger partial charge in [0.1, 0.15) is 18.1 Å². The number of rotatable bonds is 29. The summed E-state index contributed by atoms with van der Waals surface area (Å²) >= 11 is 0. The van der Waals surface area contributed by atoms with Gasteiger partial charge in [0.25, 0.3) is 0 Å². The Morgan fingerprint density at radius 3 is 2.06 bits per heavy atom. The van der Waals surface area contributed by atoms with Gasteiger partial charge in [-0.15, -0.1) is 0 Å². The van der Waals surface area contributed by atoms with Crippen molar-refractivity contribution >= 4 is 43.3 Å². The topological polar surface area (TPSA) is 285 Å². The molecule has 19 nitrogen and oxygen atoms in total. The number of ether oxygens (including phenoxy) is 1. The van der Waals surface area contributed by atoms with E-state index in [0.717, 1.165) is 19.3 Å². The maximum absolute atomic E-state index is 13.1. The molecule has 9 N–H and O–H groups in total. The van der Waals surface area contributed by atoms with E-state index >= 15 is 0 Å². The molecule has 53 heavy (non-hydrogen) atoms. The van der Waals surface area contributed by atoms with Gasteiger partial charge in [0.05, 0.1) is 57.6 Å². The zero-order chi connectivity index (χ0) is 40.8. The minimum atomic E-state index is -4.63. The number of amides is 6. The second kappa shape index (κ2) is 25.8. The average Bonchev–Trinajstić information content (AvgIpc) is 3.06. The summed E-state index contributed by atoms with van der Waals surface area (Å²) in [5, 5.41) is 28.5. The molecule has 0 aromatic carbocycles. The van der Waals surface area contributed by atoms with Gasteiger partial charge < -0.3 is 51.7 Å². The molecule has 0 aromatic heterocycles. The van der Waals surface area contributed by atoms with E-state index in [1.165, 1.54) is 11.8 Å². The fourth-order valence-corrected chi connectivity index (χ4v) is 5.67. The van der Waals surface area contributed by atoms with Gasteiger partial charge in [0.15, 0.2) is 0 Å². The van der Waals surface area contributed by atoms with E-state index < -0.39 is 80.3 Å². The third kappa shape index (κ3) is 21.9. The van der Waals surface area contributed by atoms with Crippen molar-refractivity contribution in [3.05, 3.63) is 0 Å². The summed E-state index contributed by atoms with van der Waals surface area (Å²) in [4.78, 5) is 87.8. The monoisotopic (exact) mass is 782 g/mol. The Morgan fingerprint density at radius 2 is 1.51 bits per heavy atom. The zero-order valence-electron chi connectivity index (χ0n) is 32.2. The predicted molar refractivity (Wildman–Crippen MR) is 194 cm³/mol. The SMILES string of the molecule is CCCCCCOP(=O)(O)O[C@H](C)[C@H](NC(=O)[C@H](CO)NC(=O)CNC(=O)[C@H](CC(C)C)NC(=O)CN(CCC)C(=O)CCOC(C)(C)CO)C(N)=O. The molecule has 0 rings (SSSR count). The van der Waals surface area contributed by atoms with E-state index in [1.54, 1.807) is 13.8 Å². The highest BCUT2D eigenvalue weighted by Gasteiger charge is 2.35. The number of unbranched alkanes of at least 4 members (excludes halogenated alkanes) is 3. The maximum Gasteiger partial charge on any atom is 0.472 e. The van der Waals surface area contributed by atoms with Gasteiger partial charge in [-0.1, -0.05) is 47.0 Å². The second-order valence-electron chi connectivity index (χ2n) is 13.7. The van der Waals surface area contributed by atoms with Gasteiger partial charge in [0.2, 0.25) is 35.4 Å². The first-order valence-electron chi connectivity index (χ1n) is 18.0. The normalized spacial score (nSPS) is 15.0. The first-order valence-corrected chi connectivity index (χ1v) is 19.5. The van der Waals surface area contributed by atoms with Gasteiger partial charge in [0, 0.05) is 6.54 Å². The largest absolute Gasteiger partial charge is 0.472 e. The van der Waals surface area contributed by atoms with Crippen LogP contribution in [0.4, 0.5) is 0 Å². The average molecular weight is 783 g/mol. The highest BCUT2D eigenvalue weighted by atomic mass is 31.2. The number of phosphoric ester groups is 1. The molecule has 6 amide bonds. The standard InChI is InChI=1S/C33H63N6O13P/c1-8-10-11-12-15-51-53(48,49)52-23(5)29(30(34)45)38-32(47)25(20-40)37-26(42)18-35-31(46)24(17-22(3)4)36-27(43)19-39(14-9-2)28(44)13-16-50-33(6,7)21-41/h22-25,29,40-41H,8-21H2,1-7H3,(H2,34,45)(H,35,46)(H,36,43)(H,37,42)(H,38,47)(H,48,49)/t23-,24+,25+,29+/m1/s1. The molecule has 20 heteroatoms. The molecule has 0 saturated carbocycles. The Kier molecular flexibility index (Phi) is 24.2. The number of nitrogens with zero attached hydrogens (tertiary/aromatic N) is 1. The second-order valence-corrected chi connectivity index (χ2v) is 15.1. The van der Waals surface area contributed by atoms with Crippen molar-refractivity contribution in [2.75, 3.05) is 46.1 Å². The number of aliphatic hydroxyl groups excluding tert-OH is 2. The minimum Gasteiger partial charge on any atom is -0.394 e. The van der Waals surface area contributed by atoms with E-state index in [1.807, 2.05) is 27.7 Å². The number of carbonyl (C=O) groups is 6. The van der Waals surface area contributed by atoms with Crippen molar-refractivity contribution in [3.8, 4) is 0 Å². The minimum absolute atomic E-state index is 0.0243. The summed E-state index contributed by atoms with van der Waals surface area (Å²) < 4.78 is 27.8. The van der Waals surface area contributed by atoms with Gasteiger partial charge in [-0.3, -0.25) is 37.8 Å². The van der Waals surface area contributed by atoms with E-state index in [-0.39, 0.29) is 57.6 Å². The number of carbonyl (C=O) groups excluding carboxylic acids is 6. The molecule has 0 fully saturated rings. The molecule has 0 aromatic rings. The van der Waals surface area contributed by atoms with E-state index in [0.29, 0.717) is 12.8 Å². The first-order chi connectivity index (χ1) is 24.7.